The van der Waals surface area contributed by atoms with E-state index >= 15 is 0 Å². The molecular formula is C22H30N2O6S. The van der Waals surface area contributed by atoms with Crippen molar-refractivity contribution in [3.05, 3.63) is 53.6 Å². The van der Waals surface area contributed by atoms with Crippen LogP contribution in [0.25, 0.3) is 0 Å². The van der Waals surface area contributed by atoms with Crippen LogP contribution in [0.2, 0.25) is 0 Å². The van der Waals surface area contributed by atoms with Crippen molar-refractivity contribution in [2.45, 2.75) is 39.2 Å². The van der Waals surface area contributed by atoms with Gasteiger partial charge in [-0.2, -0.15) is 0 Å². The van der Waals surface area contributed by atoms with Crippen LogP contribution in [0.5, 0.6) is 5.75 Å². The van der Waals surface area contributed by atoms with Crippen LogP contribution in [0.15, 0.2) is 42.5 Å². The maximum Gasteiger partial charge on any atom is 0.409 e. The van der Waals surface area contributed by atoms with E-state index in [2.05, 4.69) is 10.0 Å². The van der Waals surface area contributed by atoms with E-state index in [1.165, 1.54) is 7.11 Å². The van der Waals surface area contributed by atoms with Gasteiger partial charge in [0.25, 0.3) is 0 Å². The molecule has 0 fully saturated rings. The minimum Gasteiger partial charge on any atom is -0.492 e. The minimum atomic E-state index is -3.71. The molecule has 0 aliphatic carbocycles. The van der Waals surface area contributed by atoms with E-state index in [9.17, 15) is 13.2 Å². The van der Waals surface area contributed by atoms with Crippen LogP contribution < -0.4 is 14.8 Å². The van der Waals surface area contributed by atoms with Gasteiger partial charge in [0.1, 0.15) is 0 Å². The lowest BCUT2D eigenvalue weighted by Gasteiger charge is -2.23. The molecule has 2 aromatic rings. The van der Waals surface area contributed by atoms with E-state index in [-0.39, 0.29) is 28.3 Å². The fourth-order valence-electron chi connectivity index (χ4n) is 2.90. The van der Waals surface area contributed by atoms with Crippen LogP contribution in [-0.4, -0.2) is 39.1 Å². The molecule has 1 amide bonds. The Hall–Kier alpha value is -2.78. The maximum atomic E-state index is 12.6. The Morgan fingerprint density at radius 1 is 1.10 bits per heavy atom. The summed E-state index contributed by atoms with van der Waals surface area (Å²) in [6, 6.07) is 12.9. The number of sulfonamides is 1. The largest absolute Gasteiger partial charge is 0.492 e. The zero-order valence-electron chi connectivity index (χ0n) is 18.3. The zero-order valence-corrected chi connectivity index (χ0v) is 19.1. The Kier molecular flexibility index (Phi) is 8.29. The van der Waals surface area contributed by atoms with Crippen molar-refractivity contribution in [3.8, 4) is 5.75 Å². The molecular weight excluding hydrogens is 420 g/mol. The van der Waals surface area contributed by atoms with Gasteiger partial charge in [0.05, 0.1) is 30.8 Å². The molecule has 0 aliphatic rings. The van der Waals surface area contributed by atoms with Crippen molar-refractivity contribution < 1.29 is 27.8 Å². The molecule has 0 radical (unpaired) electrons. The number of nitrogens with one attached hydrogen (secondary N) is 2. The summed E-state index contributed by atoms with van der Waals surface area (Å²) in [6.07, 6.45) is -0.960. The molecule has 0 aliphatic heterocycles. The van der Waals surface area contributed by atoms with Gasteiger partial charge in [-0.15, -0.1) is 0 Å². The fourth-order valence-corrected chi connectivity index (χ4v) is 3.99. The smallest absolute Gasteiger partial charge is 0.409 e. The van der Waals surface area contributed by atoms with Crippen LogP contribution in [0, 0.1) is 0 Å². The number of carbonyl (C=O) groups is 1. The Bertz CT molecular complexity index is 985. The molecule has 0 spiro atoms. The molecule has 31 heavy (non-hydrogen) atoms. The first-order chi connectivity index (χ1) is 14.5. The highest BCUT2D eigenvalue weighted by Crippen LogP contribution is 2.39. The van der Waals surface area contributed by atoms with Gasteiger partial charge in [0.15, 0.2) is 5.75 Å². The number of benzene rings is 2. The van der Waals surface area contributed by atoms with Crippen molar-refractivity contribution in [1.82, 2.24) is 0 Å². The van der Waals surface area contributed by atoms with Gasteiger partial charge >= 0.3 is 6.09 Å². The van der Waals surface area contributed by atoms with E-state index in [1.54, 1.807) is 12.1 Å². The second-order valence-electron chi connectivity index (χ2n) is 8.10. The summed E-state index contributed by atoms with van der Waals surface area (Å²) in [4.78, 5) is 11.2. The average Bonchev–Trinajstić information content (AvgIpc) is 2.67. The standard InChI is InChI=1S/C22H30N2O6S/c1-22(2,3)17-13-18(23-21(25)26)20(29-4)19(14-17)24-31(27,28)12-8-11-30-15-16-9-6-5-7-10-16/h5-7,9-10,13-14,23-24H,8,11-12,15H2,1-4H3,(H,25,26). The number of rotatable bonds is 10. The summed E-state index contributed by atoms with van der Waals surface area (Å²) >= 11 is 0. The fraction of sp³-hybridized carbons (Fsp3) is 0.409. The number of hydrogen-bond acceptors (Lipinski definition) is 5. The number of methoxy groups -OCH3 is 1. The monoisotopic (exact) mass is 450 g/mol. The van der Waals surface area contributed by atoms with Crippen molar-refractivity contribution in [2.75, 3.05) is 29.5 Å². The van der Waals surface area contributed by atoms with Gasteiger partial charge in [0, 0.05) is 6.61 Å². The third-order valence-corrected chi connectivity index (χ3v) is 5.84. The van der Waals surface area contributed by atoms with E-state index in [0.717, 1.165) is 11.1 Å². The quantitative estimate of drug-likeness (QED) is 0.462. The first kappa shape index (κ1) is 24.5. The third-order valence-electron chi connectivity index (χ3n) is 4.48. The van der Waals surface area contributed by atoms with Crippen LogP contribution >= 0.6 is 0 Å². The van der Waals surface area contributed by atoms with Crippen molar-refractivity contribution in [3.63, 3.8) is 0 Å². The van der Waals surface area contributed by atoms with Crippen molar-refractivity contribution in [2.24, 2.45) is 0 Å². The normalized spacial score (nSPS) is 11.7. The highest BCUT2D eigenvalue weighted by Gasteiger charge is 2.23. The maximum absolute atomic E-state index is 12.6. The molecule has 3 N–H and O–H groups in total. The molecule has 170 valence electrons. The molecule has 0 saturated carbocycles. The summed E-state index contributed by atoms with van der Waals surface area (Å²) in [5, 5.41) is 11.4. The molecule has 0 saturated heterocycles. The lowest BCUT2D eigenvalue weighted by atomic mass is 9.86. The second-order valence-corrected chi connectivity index (χ2v) is 9.94. The number of carboxylic acid groups (broad SMARTS) is 1. The SMILES string of the molecule is COc1c(NC(=O)O)cc(C(C)(C)C)cc1NS(=O)(=O)CCCOCc1ccccc1. The number of ether oxygens (including phenoxy) is 2. The van der Waals surface area contributed by atoms with Crippen molar-refractivity contribution >= 4 is 27.5 Å². The molecule has 0 atom stereocenters. The van der Waals surface area contributed by atoms with Gasteiger partial charge in [-0.1, -0.05) is 51.1 Å². The molecule has 0 bridgehead atoms. The van der Waals surface area contributed by atoms with Gasteiger partial charge in [-0.3, -0.25) is 10.0 Å². The highest BCUT2D eigenvalue weighted by atomic mass is 32.2. The van der Waals surface area contributed by atoms with Gasteiger partial charge in [0.2, 0.25) is 10.0 Å². The number of anilines is 2. The summed E-state index contributed by atoms with van der Waals surface area (Å²) in [6.45, 7) is 6.55. The first-order valence-corrected chi connectivity index (χ1v) is 11.5. The third kappa shape index (κ3) is 7.76. The second kappa shape index (κ2) is 10.5. The van der Waals surface area contributed by atoms with E-state index in [1.807, 2.05) is 51.1 Å². The molecule has 0 unspecified atom stereocenters. The number of hydrogen-bond donors (Lipinski definition) is 3. The lowest BCUT2D eigenvalue weighted by molar-refractivity contribution is 0.122. The molecule has 2 rings (SSSR count). The molecule has 2 aromatic carbocycles. The number of amides is 1. The van der Waals surface area contributed by atoms with Gasteiger partial charge < -0.3 is 14.6 Å². The minimum absolute atomic E-state index is 0.110. The Labute approximate surface area is 183 Å². The average molecular weight is 451 g/mol. The van der Waals surface area contributed by atoms with Crippen molar-refractivity contribution in [1.29, 1.82) is 0 Å². The summed E-state index contributed by atoms with van der Waals surface area (Å²) in [5.41, 5.74) is 1.79. The van der Waals surface area contributed by atoms with Gasteiger partial charge in [-0.05, 0) is 35.1 Å². The Morgan fingerprint density at radius 2 is 1.74 bits per heavy atom. The summed E-state index contributed by atoms with van der Waals surface area (Å²) in [5.74, 6) is -0.0360. The lowest BCUT2D eigenvalue weighted by Crippen LogP contribution is -2.20. The van der Waals surface area contributed by atoms with Crippen LogP contribution in [0.4, 0.5) is 16.2 Å². The Balaban J connectivity index is 2.10. The predicted octanol–water partition coefficient (Wildman–Crippen LogP) is 4.43. The zero-order chi connectivity index (χ0) is 23.1. The van der Waals surface area contributed by atoms with Crippen LogP contribution in [-0.2, 0) is 26.8 Å². The summed E-state index contributed by atoms with van der Waals surface area (Å²) in [7, 11) is -2.35. The first-order valence-electron chi connectivity index (χ1n) is 9.86. The highest BCUT2D eigenvalue weighted by molar-refractivity contribution is 7.92. The molecule has 0 aromatic heterocycles. The van der Waals surface area contributed by atoms with Crippen LogP contribution in [0.1, 0.15) is 38.3 Å². The van der Waals surface area contributed by atoms with Gasteiger partial charge in [-0.25, -0.2) is 13.2 Å². The van der Waals surface area contributed by atoms with E-state index in [4.69, 9.17) is 14.6 Å². The van der Waals surface area contributed by atoms with E-state index in [0.29, 0.717) is 19.6 Å². The molecule has 8 nitrogen and oxygen atoms in total. The Morgan fingerprint density at radius 3 is 2.32 bits per heavy atom. The molecule has 9 heteroatoms. The van der Waals surface area contributed by atoms with E-state index < -0.39 is 16.1 Å². The van der Waals surface area contributed by atoms with Crippen LogP contribution in [0.3, 0.4) is 0 Å². The topological polar surface area (TPSA) is 114 Å². The summed E-state index contributed by atoms with van der Waals surface area (Å²) < 4.78 is 38.7. The molecule has 0 heterocycles. The predicted molar refractivity (Wildman–Crippen MR) is 121 cm³/mol.